The third-order valence-corrected chi connectivity index (χ3v) is 26.1. The van der Waals surface area contributed by atoms with Crippen LogP contribution in [-0.4, -0.2) is 3.21 Å². The third-order valence-electron chi connectivity index (χ3n) is 16.4. The first-order chi connectivity index (χ1) is 23.7. The summed E-state index contributed by atoms with van der Waals surface area (Å²) in [7, 11) is 0. The average Bonchev–Trinajstić information content (AvgIpc) is 3.67. The standard InChI is InChI=1S/C29H37.C13H8Cl2.C5H5.2ClH.Zr/c1-21-14-13-15-22-20-27(6)25(4)18-10-9-16-23(25,2)24(3)17-11-12-19-26(24,5)29(27,8)28(21,22)7;14-12-5-1-3-10(8-12)7-11-4-2-6-13(15)9-11;1-2-4-5-3-1;;;/h9-20,22H,1-8H3;1-6,8-9H;1-3H,4H2;2*1H;. The van der Waals surface area contributed by atoms with Crippen LogP contribution in [0.5, 0.6) is 0 Å². The molecule has 0 nitrogen and oxygen atoms in total. The van der Waals surface area contributed by atoms with Gasteiger partial charge in [0.25, 0.3) is 0 Å². The van der Waals surface area contributed by atoms with Gasteiger partial charge in [0.1, 0.15) is 0 Å². The molecule has 2 fully saturated rings. The second-order valence-electron chi connectivity index (χ2n) is 17.1. The van der Waals surface area contributed by atoms with Crippen LogP contribution in [-0.2, 0) is 21.3 Å². The van der Waals surface area contributed by atoms with Gasteiger partial charge in [-0.2, -0.15) is 0 Å². The van der Waals surface area contributed by atoms with Gasteiger partial charge >= 0.3 is 321 Å². The molecule has 0 bridgehead atoms. The van der Waals surface area contributed by atoms with Gasteiger partial charge in [-0.1, -0.05) is 0 Å². The molecule has 0 amide bonds. The Bertz CT molecular complexity index is 2060. The van der Waals surface area contributed by atoms with Crippen LogP contribution in [0, 0.1) is 43.8 Å². The van der Waals surface area contributed by atoms with Crippen molar-refractivity contribution in [2.45, 2.75) is 65.4 Å². The molecule has 272 valence electrons. The molecule has 9 unspecified atom stereocenters. The molecule has 0 aliphatic heterocycles. The molecule has 52 heavy (non-hydrogen) atoms. The number of hydrogen-bond acceptors (Lipinski definition) is 0. The number of hydrogen-bond donors (Lipinski definition) is 0. The zero-order valence-electron chi connectivity index (χ0n) is 31.6. The van der Waals surface area contributed by atoms with Crippen LogP contribution in [0.2, 0.25) is 13.7 Å². The first-order valence-corrected chi connectivity index (χ1v) is 23.0. The van der Waals surface area contributed by atoms with Crippen LogP contribution in [0.4, 0.5) is 0 Å². The molecule has 5 heteroatoms. The van der Waals surface area contributed by atoms with E-state index in [4.69, 9.17) is 23.2 Å². The van der Waals surface area contributed by atoms with Gasteiger partial charge in [-0.15, -0.1) is 24.8 Å². The van der Waals surface area contributed by atoms with E-state index in [1.54, 1.807) is 3.28 Å². The van der Waals surface area contributed by atoms with E-state index in [0.717, 1.165) is 16.5 Å². The van der Waals surface area contributed by atoms with Crippen LogP contribution >= 0.6 is 48.0 Å². The summed E-state index contributed by atoms with van der Waals surface area (Å²) in [5.41, 5.74) is 3.06. The zero-order chi connectivity index (χ0) is 35.5. The maximum atomic E-state index is 6.89. The molecule has 2 aromatic rings. The zero-order valence-corrected chi connectivity index (χ0v) is 37.2. The van der Waals surface area contributed by atoms with Gasteiger partial charge in [0.05, 0.1) is 0 Å². The van der Waals surface area contributed by atoms with E-state index in [-0.39, 0.29) is 62.7 Å². The van der Waals surface area contributed by atoms with Gasteiger partial charge in [-0.05, 0) is 0 Å². The van der Waals surface area contributed by atoms with E-state index in [0.29, 0.717) is 9.54 Å². The van der Waals surface area contributed by atoms with E-state index in [1.165, 1.54) is 19.9 Å². The molecule has 0 aromatic heterocycles. The van der Waals surface area contributed by atoms with Crippen molar-refractivity contribution < 1.29 is 21.3 Å². The molecule has 9 atom stereocenters. The van der Waals surface area contributed by atoms with Gasteiger partial charge in [0.2, 0.25) is 0 Å². The molecule has 0 radical (unpaired) electrons. The molecule has 0 heterocycles. The summed E-state index contributed by atoms with van der Waals surface area (Å²) >= 11 is 10.7. The smallest absolute Gasteiger partial charge is 0.147 e. The van der Waals surface area contributed by atoms with Gasteiger partial charge in [0.15, 0.2) is 0 Å². The van der Waals surface area contributed by atoms with Crippen LogP contribution in [0.25, 0.3) is 0 Å². The summed E-state index contributed by atoms with van der Waals surface area (Å²) in [5, 5.41) is 1.57. The summed E-state index contributed by atoms with van der Waals surface area (Å²) in [6, 6.07) is 17.4. The predicted molar refractivity (Wildman–Crippen MR) is 226 cm³/mol. The molecule has 2 aromatic carbocycles. The number of rotatable bonds is 4. The Morgan fingerprint density at radius 3 is 1.69 bits per heavy atom. The summed E-state index contributed by atoms with van der Waals surface area (Å²) in [5.74, 6) is 0.352. The minimum absolute atomic E-state index is 0. The van der Waals surface area contributed by atoms with E-state index in [9.17, 15) is 0 Å². The molecule has 6 aliphatic rings. The molecular formula is C47H52Cl4Zr. The molecular weight excluding hydrogens is 798 g/mol. The topological polar surface area (TPSA) is 0 Å². The summed E-state index contributed by atoms with van der Waals surface area (Å²) in [4.78, 5) is 0. The number of fused-ring (bicyclic) bond motifs is 8. The largest absolute Gasteiger partial charge is 0.147 e. The number of halogens is 4. The second-order valence-corrected chi connectivity index (χ2v) is 24.4. The summed E-state index contributed by atoms with van der Waals surface area (Å²) in [6.07, 6.45) is 35.6. The Morgan fingerprint density at radius 2 is 1.17 bits per heavy atom. The first-order valence-electron chi connectivity index (χ1n) is 18.4. The predicted octanol–water partition coefficient (Wildman–Crippen LogP) is 14.1. The van der Waals surface area contributed by atoms with E-state index in [2.05, 4.69) is 177 Å². The fourth-order valence-corrected chi connectivity index (χ4v) is 24.7. The maximum Gasteiger partial charge on any atom is -0.147 e. The average molecular weight is 850 g/mol. The minimum atomic E-state index is -3.07. The Kier molecular flexibility index (Phi) is 10.1. The Labute approximate surface area is 342 Å². The van der Waals surface area contributed by atoms with Gasteiger partial charge in [-0.3, -0.25) is 0 Å². The molecule has 6 aliphatic carbocycles. The molecule has 8 rings (SSSR count). The fourth-order valence-electron chi connectivity index (χ4n) is 13.2. The van der Waals surface area contributed by atoms with Crippen molar-refractivity contribution in [3.8, 4) is 0 Å². The van der Waals surface area contributed by atoms with Crippen molar-refractivity contribution in [2.24, 2.45) is 43.8 Å². The molecule has 0 N–H and O–H groups in total. The van der Waals surface area contributed by atoms with Crippen LogP contribution in [0.15, 0.2) is 142 Å². The number of allylic oxidation sites excluding steroid dienone is 16. The van der Waals surface area contributed by atoms with Gasteiger partial charge in [0, 0.05) is 0 Å². The normalized spacial score (nSPS) is 40.0. The monoisotopic (exact) mass is 846 g/mol. The second kappa shape index (κ2) is 13.2. The minimum Gasteiger partial charge on any atom is -0.147 e. The summed E-state index contributed by atoms with van der Waals surface area (Å²) < 4.78 is 3.60. The van der Waals surface area contributed by atoms with E-state index >= 15 is 0 Å². The van der Waals surface area contributed by atoms with Crippen molar-refractivity contribution in [3.05, 3.63) is 164 Å². The SMILES string of the molecule is CC1=CC=CC2[CH]([Zr]([C]3=CC=CC3)=[C](c3cccc(Cl)c3)c3cccc(Cl)c3)C3(C)C4(C)C=CC=CC4(C)C4(C)C=CC=CC4(C)C3(C)C12C.Cl.Cl. The molecule has 0 saturated heterocycles. The van der Waals surface area contributed by atoms with Crippen molar-refractivity contribution in [1.29, 1.82) is 0 Å². The Hall–Kier alpha value is -1.73. The Morgan fingerprint density at radius 1 is 0.654 bits per heavy atom. The van der Waals surface area contributed by atoms with E-state index in [1.807, 2.05) is 12.1 Å². The van der Waals surface area contributed by atoms with Crippen molar-refractivity contribution in [1.82, 2.24) is 0 Å². The van der Waals surface area contributed by atoms with Gasteiger partial charge in [-0.25, -0.2) is 0 Å². The molecule has 2 saturated carbocycles. The quantitative estimate of drug-likeness (QED) is 0.288. The number of benzene rings is 2. The molecule has 0 spiro atoms. The van der Waals surface area contributed by atoms with Crippen LogP contribution < -0.4 is 0 Å². The van der Waals surface area contributed by atoms with Gasteiger partial charge < -0.3 is 0 Å². The van der Waals surface area contributed by atoms with Crippen molar-refractivity contribution in [2.75, 3.05) is 0 Å². The fraction of sp³-hybridized carbons (Fsp3) is 0.383. The third kappa shape index (κ3) is 4.53. The van der Waals surface area contributed by atoms with Crippen molar-refractivity contribution >= 4 is 51.2 Å². The maximum absolute atomic E-state index is 6.89. The first kappa shape index (κ1) is 40.0. The van der Waals surface area contributed by atoms with Crippen molar-refractivity contribution in [3.63, 3.8) is 0 Å². The van der Waals surface area contributed by atoms with Crippen LogP contribution in [0.1, 0.15) is 72.9 Å². The van der Waals surface area contributed by atoms with Crippen LogP contribution in [0.3, 0.4) is 0 Å². The Balaban J connectivity index is 0.00000232. The summed E-state index contributed by atoms with van der Waals surface area (Å²) in [6.45, 7) is 21.1. The van der Waals surface area contributed by atoms with E-state index < -0.39 is 21.3 Å².